The summed E-state index contributed by atoms with van der Waals surface area (Å²) in [5.41, 5.74) is 8.13. The first-order valence-electron chi connectivity index (χ1n) is 7.86. The zero-order valence-corrected chi connectivity index (χ0v) is 12.4. The van der Waals surface area contributed by atoms with E-state index in [1.165, 1.54) is 44.2 Å². The number of hydrogen-bond donors (Lipinski definition) is 1. The van der Waals surface area contributed by atoms with Crippen LogP contribution in [0.5, 0.6) is 0 Å². The summed E-state index contributed by atoms with van der Waals surface area (Å²) in [6.45, 7) is 5.74. The Morgan fingerprint density at radius 3 is 2.79 bits per heavy atom. The standard InChI is InChI=1S/C17H28N2/c1-3-11-19(17-10-6-8-15(18)13-17)16-9-5-7-14(4-2)12-16/h6,8,10,13-14,16H,3-5,7,9,11-12,18H2,1-2H3. The molecule has 1 fully saturated rings. The Labute approximate surface area is 118 Å². The average Bonchev–Trinajstić information content (AvgIpc) is 2.45. The van der Waals surface area contributed by atoms with Crippen LogP contribution in [0.3, 0.4) is 0 Å². The van der Waals surface area contributed by atoms with Crippen LogP contribution in [0.4, 0.5) is 11.4 Å². The zero-order valence-electron chi connectivity index (χ0n) is 12.4. The summed E-state index contributed by atoms with van der Waals surface area (Å²) in [5.74, 6) is 0.916. The summed E-state index contributed by atoms with van der Waals surface area (Å²) in [4.78, 5) is 2.60. The predicted octanol–water partition coefficient (Wildman–Crippen LogP) is 4.45. The fourth-order valence-corrected chi connectivity index (χ4v) is 3.38. The maximum atomic E-state index is 5.95. The molecule has 2 N–H and O–H groups in total. The lowest BCUT2D eigenvalue weighted by molar-refractivity contribution is 0.303. The third-order valence-corrected chi connectivity index (χ3v) is 4.44. The second-order valence-electron chi connectivity index (χ2n) is 5.88. The molecule has 19 heavy (non-hydrogen) atoms. The Kier molecular flexibility index (Phi) is 5.12. The number of nitrogens with zero attached hydrogens (tertiary/aromatic N) is 1. The first kappa shape index (κ1) is 14.2. The van der Waals surface area contributed by atoms with E-state index in [-0.39, 0.29) is 0 Å². The fraction of sp³-hybridized carbons (Fsp3) is 0.647. The van der Waals surface area contributed by atoms with Gasteiger partial charge in [0.15, 0.2) is 0 Å². The van der Waals surface area contributed by atoms with E-state index in [9.17, 15) is 0 Å². The van der Waals surface area contributed by atoms with Gasteiger partial charge in [0.05, 0.1) is 0 Å². The van der Waals surface area contributed by atoms with Crippen molar-refractivity contribution in [2.24, 2.45) is 5.92 Å². The van der Waals surface area contributed by atoms with Crippen molar-refractivity contribution < 1.29 is 0 Å². The minimum Gasteiger partial charge on any atom is -0.399 e. The Balaban J connectivity index is 2.15. The molecule has 1 aromatic rings. The molecule has 0 radical (unpaired) electrons. The highest BCUT2D eigenvalue weighted by atomic mass is 15.2. The molecular weight excluding hydrogens is 232 g/mol. The molecule has 2 atom stereocenters. The van der Waals surface area contributed by atoms with Crippen molar-refractivity contribution >= 4 is 11.4 Å². The van der Waals surface area contributed by atoms with Crippen molar-refractivity contribution in [1.82, 2.24) is 0 Å². The molecule has 2 heteroatoms. The Bertz CT molecular complexity index is 389. The lowest BCUT2D eigenvalue weighted by Crippen LogP contribution is -2.39. The maximum absolute atomic E-state index is 5.95. The molecule has 0 bridgehead atoms. The van der Waals surface area contributed by atoms with Crippen molar-refractivity contribution in [2.75, 3.05) is 17.2 Å². The number of nitrogen functional groups attached to an aromatic ring is 1. The highest BCUT2D eigenvalue weighted by molar-refractivity contribution is 5.56. The van der Waals surface area contributed by atoms with E-state index in [0.29, 0.717) is 6.04 Å². The van der Waals surface area contributed by atoms with Crippen molar-refractivity contribution in [3.05, 3.63) is 24.3 Å². The highest BCUT2D eigenvalue weighted by Crippen LogP contribution is 2.32. The van der Waals surface area contributed by atoms with Gasteiger partial charge >= 0.3 is 0 Å². The summed E-state index contributed by atoms with van der Waals surface area (Å²) < 4.78 is 0. The van der Waals surface area contributed by atoms with Crippen LogP contribution < -0.4 is 10.6 Å². The van der Waals surface area contributed by atoms with E-state index in [2.05, 4.69) is 36.9 Å². The zero-order chi connectivity index (χ0) is 13.7. The van der Waals surface area contributed by atoms with Crippen molar-refractivity contribution in [3.8, 4) is 0 Å². The Morgan fingerprint density at radius 1 is 1.26 bits per heavy atom. The first-order chi connectivity index (χ1) is 9.24. The molecule has 1 saturated carbocycles. The molecule has 1 aliphatic rings. The van der Waals surface area contributed by atoms with E-state index in [1.807, 2.05) is 6.07 Å². The first-order valence-corrected chi connectivity index (χ1v) is 7.86. The van der Waals surface area contributed by atoms with Crippen LogP contribution in [0.15, 0.2) is 24.3 Å². The molecule has 0 amide bonds. The molecule has 0 aromatic heterocycles. The van der Waals surface area contributed by atoms with Gasteiger partial charge in [-0.1, -0.05) is 39.2 Å². The molecule has 2 nitrogen and oxygen atoms in total. The second-order valence-corrected chi connectivity index (χ2v) is 5.88. The number of benzene rings is 1. The van der Waals surface area contributed by atoms with E-state index in [1.54, 1.807) is 0 Å². The summed E-state index contributed by atoms with van der Waals surface area (Å²) >= 11 is 0. The van der Waals surface area contributed by atoms with Gasteiger partial charge in [0, 0.05) is 24.0 Å². The van der Waals surface area contributed by atoms with Gasteiger partial charge in [-0.05, 0) is 43.4 Å². The van der Waals surface area contributed by atoms with Crippen LogP contribution in [0.25, 0.3) is 0 Å². The molecule has 106 valence electrons. The Hall–Kier alpha value is -1.18. The summed E-state index contributed by atoms with van der Waals surface area (Å²) in [5, 5.41) is 0. The van der Waals surface area contributed by atoms with Crippen molar-refractivity contribution in [2.45, 2.75) is 58.4 Å². The minimum absolute atomic E-state index is 0.709. The van der Waals surface area contributed by atoms with E-state index in [0.717, 1.165) is 18.2 Å². The van der Waals surface area contributed by atoms with Crippen molar-refractivity contribution in [3.63, 3.8) is 0 Å². The van der Waals surface area contributed by atoms with Gasteiger partial charge in [0.25, 0.3) is 0 Å². The van der Waals surface area contributed by atoms with E-state index >= 15 is 0 Å². The summed E-state index contributed by atoms with van der Waals surface area (Å²) in [6.07, 6.45) is 8.02. The molecule has 0 heterocycles. The van der Waals surface area contributed by atoms with E-state index < -0.39 is 0 Å². The molecule has 1 aliphatic carbocycles. The highest BCUT2D eigenvalue weighted by Gasteiger charge is 2.25. The SMILES string of the molecule is CCCN(c1cccc(N)c1)C1CCCC(CC)C1. The summed E-state index contributed by atoms with van der Waals surface area (Å²) in [7, 11) is 0. The summed E-state index contributed by atoms with van der Waals surface area (Å²) in [6, 6.07) is 9.10. The van der Waals surface area contributed by atoms with Crippen LogP contribution in [-0.4, -0.2) is 12.6 Å². The molecule has 1 aromatic carbocycles. The lowest BCUT2D eigenvalue weighted by Gasteiger charge is -2.39. The molecule has 0 aliphatic heterocycles. The maximum Gasteiger partial charge on any atom is 0.0389 e. The number of nitrogens with two attached hydrogens (primary N) is 1. The van der Waals surface area contributed by atoms with E-state index in [4.69, 9.17) is 5.73 Å². The van der Waals surface area contributed by atoms with Gasteiger partial charge in [0.2, 0.25) is 0 Å². The smallest absolute Gasteiger partial charge is 0.0389 e. The van der Waals surface area contributed by atoms with Gasteiger partial charge in [-0.3, -0.25) is 0 Å². The molecule has 2 unspecified atom stereocenters. The second kappa shape index (κ2) is 6.83. The Morgan fingerprint density at radius 2 is 2.11 bits per heavy atom. The third-order valence-electron chi connectivity index (χ3n) is 4.44. The van der Waals surface area contributed by atoms with Crippen molar-refractivity contribution in [1.29, 1.82) is 0 Å². The number of anilines is 2. The normalized spacial score (nSPS) is 23.3. The van der Waals surface area contributed by atoms with Gasteiger partial charge in [-0.25, -0.2) is 0 Å². The largest absolute Gasteiger partial charge is 0.399 e. The van der Waals surface area contributed by atoms with Crippen LogP contribution in [0.2, 0.25) is 0 Å². The molecule has 2 rings (SSSR count). The van der Waals surface area contributed by atoms with Crippen LogP contribution >= 0.6 is 0 Å². The van der Waals surface area contributed by atoms with Gasteiger partial charge in [0.1, 0.15) is 0 Å². The van der Waals surface area contributed by atoms with Crippen LogP contribution in [0.1, 0.15) is 52.4 Å². The quantitative estimate of drug-likeness (QED) is 0.792. The van der Waals surface area contributed by atoms with Gasteiger partial charge < -0.3 is 10.6 Å². The fourth-order valence-electron chi connectivity index (χ4n) is 3.38. The number of rotatable bonds is 5. The monoisotopic (exact) mass is 260 g/mol. The minimum atomic E-state index is 0.709. The lowest BCUT2D eigenvalue weighted by atomic mass is 9.83. The molecular formula is C17H28N2. The topological polar surface area (TPSA) is 29.3 Å². The molecule has 0 saturated heterocycles. The molecule has 0 spiro atoms. The predicted molar refractivity (Wildman–Crippen MR) is 84.5 cm³/mol. The van der Waals surface area contributed by atoms with Crippen LogP contribution in [-0.2, 0) is 0 Å². The average molecular weight is 260 g/mol. The van der Waals surface area contributed by atoms with Gasteiger partial charge in [-0.15, -0.1) is 0 Å². The van der Waals surface area contributed by atoms with Crippen LogP contribution in [0, 0.1) is 5.92 Å². The number of hydrogen-bond acceptors (Lipinski definition) is 2. The third kappa shape index (κ3) is 3.65. The van der Waals surface area contributed by atoms with Gasteiger partial charge in [-0.2, -0.15) is 0 Å².